The van der Waals surface area contributed by atoms with Gasteiger partial charge >= 0.3 is 0 Å². The van der Waals surface area contributed by atoms with Gasteiger partial charge in [-0.2, -0.15) is 0 Å². The predicted molar refractivity (Wildman–Crippen MR) is 65.2 cm³/mol. The first-order valence-electron chi connectivity index (χ1n) is 4.86. The molecule has 16 heavy (non-hydrogen) atoms. The number of aliphatic hydroxyl groups excluding tert-OH is 1. The fourth-order valence-corrected chi connectivity index (χ4v) is 1.81. The number of hydrogen-bond acceptors (Lipinski definition) is 6. The number of thiophene rings is 1. The molecule has 0 spiro atoms. The lowest BCUT2D eigenvalue weighted by molar-refractivity contribution is 0.311. The van der Waals surface area contributed by atoms with E-state index in [1.807, 2.05) is 17.5 Å². The minimum atomic E-state index is 0.0810. The summed E-state index contributed by atoms with van der Waals surface area (Å²) in [5.74, 6) is 1.43. The standard InChI is InChI=1S/C10H12N4OS/c15-4-3-11-8-6-9(13-7-12-8)14-10-2-1-5-16-10/h1-2,5-7,15H,3-4H2,(H2,11,12,13,14). The Balaban J connectivity index is 2.04. The van der Waals surface area contributed by atoms with Gasteiger partial charge in [0.2, 0.25) is 0 Å². The maximum atomic E-state index is 8.68. The predicted octanol–water partition coefficient (Wildman–Crippen LogP) is 1.69. The van der Waals surface area contributed by atoms with Crippen LogP contribution >= 0.6 is 11.3 Å². The van der Waals surface area contributed by atoms with Gasteiger partial charge in [-0.05, 0) is 17.5 Å². The van der Waals surface area contributed by atoms with Crippen LogP contribution in [0, 0.1) is 0 Å². The number of anilines is 3. The molecule has 0 bridgehead atoms. The molecule has 0 aromatic carbocycles. The second kappa shape index (κ2) is 5.43. The Hall–Kier alpha value is -1.66. The van der Waals surface area contributed by atoms with E-state index in [1.165, 1.54) is 6.33 Å². The van der Waals surface area contributed by atoms with Crippen molar-refractivity contribution in [2.45, 2.75) is 0 Å². The first kappa shape index (κ1) is 10.8. The van der Waals surface area contributed by atoms with Crippen LogP contribution in [-0.2, 0) is 0 Å². The summed E-state index contributed by atoms with van der Waals surface area (Å²) in [5, 5.41) is 17.9. The lowest BCUT2D eigenvalue weighted by atomic mass is 10.5. The highest BCUT2D eigenvalue weighted by atomic mass is 32.1. The molecular formula is C10H12N4OS. The van der Waals surface area contributed by atoms with Crippen molar-refractivity contribution < 1.29 is 5.11 Å². The van der Waals surface area contributed by atoms with Crippen molar-refractivity contribution in [3.05, 3.63) is 29.9 Å². The minimum absolute atomic E-state index is 0.0810. The molecule has 2 rings (SSSR count). The summed E-state index contributed by atoms with van der Waals surface area (Å²) >= 11 is 1.61. The van der Waals surface area contributed by atoms with Gasteiger partial charge in [0.05, 0.1) is 11.6 Å². The Bertz CT molecular complexity index is 432. The molecule has 0 saturated heterocycles. The third kappa shape index (κ3) is 2.91. The summed E-state index contributed by atoms with van der Waals surface area (Å²) in [5.41, 5.74) is 0. The van der Waals surface area contributed by atoms with Gasteiger partial charge in [-0.15, -0.1) is 11.3 Å². The Kier molecular flexibility index (Phi) is 3.68. The summed E-state index contributed by atoms with van der Waals surface area (Å²) < 4.78 is 0. The van der Waals surface area contributed by atoms with Crippen LogP contribution in [0.3, 0.4) is 0 Å². The van der Waals surface area contributed by atoms with Gasteiger partial charge in [-0.25, -0.2) is 9.97 Å². The highest BCUT2D eigenvalue weighted by Gasteiger charge is 1.99. The first-order chi connectivity index (χ1) is 7.88. The normalized spacial score (nSPS) is 10.1. The van der Waals surface area contributed by atoms with E-state index in [2.05, 4.69) is 20.6 Å². The van der Waals surface area contributed by atoms with Crippen LogP contribution in [0.5, 0.6) is 0 Å². The van der Waals surface area contributed by atoms with E-state index < -0.39 is 0 Å². The quantitative estimate of drug-likeness (QED) is 0.737. The average molecular weight is 236 g/mol. The summed E-state index contributed by atoms with van der Waals surface area (Å²) in [6.45, 7) is 0.563. The zero-order valence-corrected chi connectivity index (χ0v) is 9.37. The number of hydrogen-bond donors (Lipinski definition) is 3. The maximum Gasteiger partial charge on any atom is 0.136 e. The second-order valence-electron chi connectivity index (χ2n) is 3.04. The van der Waals surface area contributed by atoms with Crippen LogP contribution < -0.4 is 10.6 Å². The van der Waals surface area contributed by atoms with Crippen LogP contribution in [0.2, 0.25) is 0 Å². The first-order valence-corrected chi connectivity index (χ1v) is 5.74. The smallest absolute Gasteiger partial charge is 0.136 e. The molecule has 0 radical (unpaired) electrons. The van der Waals surface area contributed by atoms with Crippen molar-refractivity contribution in [2.75, 3.05) is 23.8 Å². The molecule has 0 aliphatic carbocycles. The lowest BCUT2D eigenvalue weighted by Crippen LogP contribution is -2.07. The lowest BCUT2D eigenvalue weighted by Gasteiger charge is -2.05. The molecule has 5 nitrogen and oxygen atoms in total. The molecule has 0 fully saturated rings. The molecule has 0 aliphatic heterocycles. The fraction of sp³-hybridized carbons (Fsp3) is 0.200. The zero-order valence-electron chi connectivity index (χ0n) is 8.55. The Morgan fingerprint density at radius 2 is 2.19 bits per heavy atom. The summed E-state index contributed by atoms with van der Waals surface area (Å²) in [4.78, 5) is 8.14. The van der Waals surface area contributed by atoms with E-state index >= 15 is 0 Å². The number of aliphatic hydroxyl groups is 1. The molecule has 6 heteroatoms. The fourth-order valence-electron chi connectivity index (χ4n) is 1.18. The Morgan fingerprint density at radius 3 is 2.94 bits per heavy atom. The number of rotatable bonds is 5. The summed E-state index contributed by atoms with van der Waals surface area (Å²) in [6.07, 6.45) is 1.48. The van der Waals surface area contributed by atoms with Crippen LogP contribution in [-0.4, -0.2) is 28.2 Å². The van der Waals surface area contributed by atoms with E-state index in [0.29, 0.717) is 12.4 Å². The SMILES string of the molecule is OCCNc1cc(Nc2cccs2)ncn1. The molecule has 0 atom stereocenters. The maximum absolute atomic E-state index is 8.68. The highest BCUT2D eigenvalue weighted by Crippen LogP contribution is 2.20. The van der Waals surface area contributed by atoms with E-state index in [1.54, 1.807) is 17.4 Å². The van der Waals surface area contributed by atoms with E-state index in [9.17, 15) is 0 Å². The van der Waals surface area contributed by atoms with Crippen LogP contribution in [0.4, 0.5) is 16.6 Å². The van der Waals surface area contributed by atoms with Gasteiger partial charge in [0.15, 0.2) is 0 Å². The van der Waals surface area contributed by atoms with Crippen molar-refractivity contribution in [2.24, 2.45) is 0 Å². The van der Waals surface area contributed by atoms with Gasteiger partial charge in [-0.3, -0.25) is 0 Å². The Morgan fingerprint density at radius 1 is 1.31 bits per heavy atom. The van der Waals surface area contributed by atoms with Crippen molar-refractivity contribution in [3.63, 3.8) is 0 Å². The molecule has 2 heterocycles. The number of nitrogens with zero attached hydrogens (tertiary/aromatic N) is 2. The van der Waals surface area contributed by atoms with Crippen LogP contribution in [0.15, 0.2) is 29.9 Å². The molecule has 0 saturated carbocycles. The largest absolute Gasteiger partial charge is 0.395 e. The summed E-state index contributed by atoms with van der Waals surface area (Å²) in [7, 11) is 0. The van der Waals surface area contributed by atoms with Gasteiger partial charge < -0.3 is 15.7 Å². The van der Waals surface area contributed by atoms with Gasteiger partial charge in [0.1, 0.15) is 18.0 Å². The minimum Gasteiger partial charge on any atom is -0.395 e. The second-order valence-corrected chi connectivity index (χ2v) is 3.99. The number of nitrogens with one attached hydrogen (secondary N) is 2. The van der Waals surface area contributed by atoms with Crippen LogP contribution in [0.1, 0.15) is 0 Å². The third-order valence-corrected chi connectivity index (χ3v) is 2.64. The molecule has 0 aliphatic rings. The molecular weight excluding hydrogens is 224 g/mol. The van der Waals surface area contributed by atoms with Crippen molar-refractivity contribution in [3.8, 4) is 0 Å². The molecule has 0 unspecified atom stereocenters. The Labute approximate surface area is 97.2 Å². The molecule has 2 aromatic heterocycles. The zero-order chi connectivity index (χ0) is 11.2. The van der Waals surface area contributed by atoms with Gasteiger partial charge in [-0.1, -0.05) is 0 Å². The molecule has 0 amide bonds. The topological polar surface area (TPSA) is 70.1 Å². The van der Waals surface area contributed by atoms with E-state index in [-0.39, 0.29) is 6.61 Å². The highest BCUT2D eigenvalue weighted by molar-refractivity contribution is 7.14. The van der Waals surface area contributed by atoms with E-state index in [0.717, 1.165) is 10.8 Å². The molecule has 2 aromatic rings. The number of aromatic nitrogens is 2. The van der Waals surface area contributed by atoms with Crippen molar-refractivity contribution >= 4 is 28.0 Å². The van der Waals surface area contributed by atoms with Crippen molar-refractivity contribution in [1.29, 1.82) is 0 Å². The van der Waals surface area contributed by atoms with E-state index in [4.69, 9.17) is 5.11 Å². The third-order valence-electron chi connectivity index (χ3n) is 1.86. The van der Waals surface area contributed by atoms with Crippen LogP contribution in [0.25, 0.3) is 0 Å². The monoisotopic (exact) mass is 236 g/mol. The van der Waals surface area contributed by atoms with Crippen molar-refractivity contribution in [1.82, 2.24) is 9.97 Å². The average Bonchev–Trinajstić information content (AvgIpc) is 2.80. The molecule has 3 N–H and O–H groups in total. The van der Waals surface area contributed by atoms with Gasteiger partial charge in [0.25, 0.3) is 0 Å². The molecule has 84 valence electrons. The summed E-state index contributed by atoms with van der Waals surface area (Å²) in [6, 6.07) is 5.75. The van der Waals surface area contributed by atoms with Gasteiger partial charge in [0, 0.05) is 12.6 Å².